The molecule has 0 aromatic carbocycles. The monoisotopic (exact) mass is 435 g/mol. The molecule has 128 valence electrons. The van der Waals surface area contributed by atoms with E-state index in [4.69, 9.17) is 24.1 Å². The van der Waals surface area contributed by atoms with E-state index in [0.717, 1.165) is 12.8 Å². The minimum atomic E-state index is -0.212. The molecule has 0 aromatic heterocycles. The highest BCUT2D eigenvalue weighted by Gasteiger charge is 2.22. The zero-order chi connectivity index (χ0) is 16.2. The van der Waals surface area contributed by atoms with Gasteiger partial charge in [-0.15, -0.1) is 0 Å². The van der Waals surface area contributed by atoms with Crippen molar-refractivity contribution in [2.24, 2.45) is 5.73 Å². The Balaban J connectivity index is 3.75. The van der Waals surface area contributed by atoms with Gasteiger partial charge in [0, 0.05) is 34.2 Å². The second-order valence-electron chi connectivity index (χ2n) is 6.00. The zero-order valence-electron chi connectivity index (χ0n) is 13.7. The highest BCUT2D eigenvalue weighted by atomic mass is 127. The third-order valence-corrected chi connectivity index (χ3v) is 4.03. The first-order valence-electron chi connectivity index (χ1n) is 7.29. The van der Waals surface area contributed by atoms with Gasteiger partial charge in [-0.2, -0.15) is 0 Å². The molecule has 0 aliphatic heterocycles. The van der Waals surface area contributed by atoms with Crippen LogP contribution < -0.4 is 5.73 Å². The van der Waals surface area contributed by atoms with Crippen molar-refractivity contribution < 1.29 is 18.4 Å². The lowest BCUT2D eigenvalue weighted by molar-refractivity contribution is -0.0858. The molecule has 0 unspecified atom stereocenters. The van der Waals surface area contributed by atoms with Crippen molar-refractivity contribution in [3.05, 3.63) is 0 Å². The van der Waals surface area contributed by atoms with Crippen molar-refractivity contribution in [3.63, 3.8) is 0 Å². The molecule has 0 bridgehead atoms. The van der Waals surface area contributed by atoms with E-state index in [-0.39, 0.29) is 11.2 Å². The van der Waals surface area contributed by atoms with E-state index < -0.39 is 0 Å². The van der Waals surface area contributed by atoms with Gasteiger partial charge < -0.3 is 24.1 Å². The number of halogens is 1. The molecule has 21 heavy (non-hydrogen) atoms. The Morgan fingerprint density at radius 1 is 0.857 bits per heavy atom. The van der Waals surface area contributed by atoms with Gasteiger partial charge in [0.2, 0.25) is 0 Å². The summed E-state index contributed by atoms with van der Waals surface area (Å²) < 4.78 is 22.3. The molecule has 0 heterocycles. The molecule has 0 radical (unpaired) electrons. The van der Waals surface area contributed by atoms with Gasteiger partial charge in [0.05, 0.1) is 53.5 Å². The van der Waals surface area contributed by atoms with E-state index in [1.54, 1.807) is 0 Å². The third kappa shape index (κ3) is 14.2. The Morgan fingerprint density at radius 3 is 2.00 bits per heavy atom. The Morgan fingerprint density at radius 2 is 1.43 bits per heavy atom. The molecule has 0 rings (SSSR count). The molecule has 7 heteroatoms. The minimum Gasteiger partial charge on any atom is -0.378 e. The maximum atomic E-state index is 5.94. The second-order valence-corrected chi connectivity index (χ2v) is 7.44. The maximum absolute atomic E-state index is 5.94. The van der Waals surface area contributed by atoms with Gasteiger partial charge in [0.15, 0.2) is 0 Å². The first-order chi connectivity index (χ1) is 9.83. The zero-order valence-corrected chi connectivity index (χ0v) is 16.6. The van der Waals surface area contributed by atoms with Crippen LogP contribution in [0.2, 0.25) is 0 Å². The molecular formula is C14H30INO4S. The molecule has 0 aliphatic rings. The normalized spacial score (nSPS) is 12.9. The molecule has 0 fully saturated rings. The smallest absolute Gasteiger partial charge is 0.0707 e. The largest absolute Gasteiger partial charge is 0.378 e. The number of rotatable bonds is 14. The van der Waals surface area contributed by atoms with E-state index in [2.05, 4.69) is 48.9 Å². The topological polar surface area (TPSA) is 62.9 Å². The Labute approximate surface area is 145 Å². The van der Waals surface area contributed by atoms with E-state index in [1.807, 2.05) is 0 Å². The summed E-state index contributed by atoms with van der Waals surface area (Å²) in [6.07, 6.45) is 1.71. The van der Waals surface area contributed by atoms with E-state index in [9.17, 15) is 0 Å². The Bertz CT molecular complexity index is 255. The standard InChI is InChI=1S/C14H30INO4S/c1-13(2,19-12-11-17-10-7-16)5-8-18-14(3,4)6-9-20-21-15/h5-12,16H2,1-4H3. The fourth-order valence-corrected chi connectivity index (χ4v) is 2.28. The van der Waals surface area contributed by atoms with E-state index >= 15 is 0 Å². The lowest BCUT2D eigenvalue weighted by atomic mass is 10.0. The van der Waals surface area contributed by atoms with Crippen molar-refractivity contribution in [1.82, 2.24) is 0 Å². The van der Waals surface area contributed by atoms with Crippen LogP contribution in [-0.4, -0.2) is 50.8 Å². The summed E-state index contributed by atoms with van der Waals surface area (Å²) in [5.74, 6) is 0. The SMILES string of the molecule is CC(C)(CCOSI)OCCC(C)(C)OCCOCCN. The second kappa shape index (κ2) is 12.3. The van der Waals surface area contributed by atoms with Crippen LogP contribution in [0.4, 0.5) is 0 Å². The van der Waals surface area contributed by atoms with Gasteiger partial charge in [-0.25, -0.2) is 0 Å². The summed E-state index contributed by atoms with van der Waals surface area (Å²) in [6.45, 7) is 12.0. The minimum absolute atomic E-state index is 0.174. The Kier molecular flexibility index (Phi) is 12.8. The number of ether oxygens (including phenoxy) is 3. The average Bonchev–Trinajstić information content (AvgIpc) is 2.38. The summed E-state index contributed by atoms with van der Waals surface area (Å²) in [5.41, 5.74) is 4.97. The summed E-state index contributed by atoms with van der Waals surface area (Å²) in [7, 11) is 1.36. The van der Waals surface area contributed by atoms with Gasteiger partial charge >= 0.3 is 0 Å². The summed E-state index contributed by atoms with van der Waals surface area (Å²) in [6, 6.07) is 0. The van der Waals surface area contributed by atoms with Crippen molar-refractivity contribution in [1.29, 1.82) is 0 Å². The fourth-order valence-electron chi connectivity index (χ4n) is 1.60. The predicted molar refractivity (Wildman–Crippen MR) is 96.7 cm³/mol. The van der Waals surface area contributed by atoms with Gasteiger partial charge in [0.25, 0.3) is 0 Å². The van der Waals surface area contributed by atoms with E-state index in [1.165, 1.54) is 9.21 Å². The van der Waals surface area contributed by atoms with Crippen LogP contribution in [0, 0.1) is 0 Å². The van der Waals surface area contributed by atoms with Crippen LogP contribution in [0.1, 0.15) is 40.5 Å². The first-order valence-corrected chi connectivity index (χ1v) is 10.6. The number of hydrogen-bond acceptors (Lipinski definition) is 6. The lowest BCUT2D eigenvalue weighted by Gasteiger charge is -2.29. The molecule has 2 N–H and O–H groups in total. The van der Waals surface area contributed by atoms with Crippen LogP contribution in [-0.2, 0) is 18.4 Å². The van der Waals surface area contributed by atoms with Gasteiger partial charge in [-0.1, -0.05) is 0 Å². The van der Waals surface area contributed by atoms with Crippen molar-refractivity contribution in [2.45, 2.75) is 51.7 Å². The van der Waals surface area contributed by atoms with Crippen molar-refractivity contribution in [3.8, 4) is 0 Å². The van der Waals surface area contributed by atoms with Crippen LogP contribution in [0.3, 0.4) is 0 Å². The maximum Gasteiger partial charge on any atom is 0.0707 e. The van der Waals surface area contributed by atoms with E-state index in [0.29, 0.717) is 39.6 Å². The summed E-state index contributed by atoms with van der Waals surface area (Å²) >= 11 is 2.12. The van der Waals surface area contributed by atoms with Gasteiger partial charge in [-0.3, -0.25) is 0 Å². The van der Waals surface area contributed by atoms with Crippen LogP contribution in [0.5, 0.6) is 0 Å². The molecule has 0 spiro atoms. The third-order valence-electron chi connectivity index (χ3n) is 3.01. The molecule has 0 saturated heterocycles. The summed E-state index contributed by atoms with van der Waals surface area (Å²) in [5, 5.41) is 0. The number of hydrogen-bond donors (Lipinski definition) is 1. The predicted octanol–water partition coefficient (Wildman–Crippen LogP) is 3.35. The van der Waals surface area contributed by atoms with Gasteiger partial charge in [-0.05, 0) is 34.1 Å². The van der Waals surface area contributed by atoms with Crippen molar-refractivity contribution >= 4 is 30.4 Å². The molecule has 0 saturated carbocycles. The van der Waals surface area contributed by atoms with Crippen molar-refractivity contribution in [2.75, 3.05) is 39.6 Å². The molecule has 0 atom stereocenters. The van der Waals surface area contributed by atoms with Gasteiger partial charge in [0.1, 0.15) is 0 Å². The highest BCUT2D eigenvalue weighted by molar-refractivity contribution is 14.2. The summed E-state index contributed by atoms with van der Waals surface area (Å²) in [4.78, 5) is 0. The quantitative estimate of drug-likeness (QED) is 0.257. The molecular weight excluding hydrogens is 405 g/mol. The first kappa shape index (κ1) is 21.9. The van der Waals surface area contributed by atoms with Crippen LogP contribution in [0.15, 0.2) is 0 Å². The van der Waals surface area contributed by atoms with Crippen LogP contribution in [0.25, 0.3) is 0 Å². The molecule has 0 aromatic rings. The highest BCUT2D eigenvalue weighted by Crippen LogP contribution is 2.21. The van der Waals surface area contributed by atoms with Crippen LogP contribution >= 0.6 is 30.4 Å². The fraction of sp³-hybridized carbons (Fsp3) is 1.00. The Hall–Kier alpha value is 0.880. The lowest BCUT2D eigenvalue weighted by Crippen LogP contribution is -2.32. The molecule has 5 nitrogen and oxygen atoms in total. The molecule has 0 aliphatic carbocycles. The average molecular weight is 435 g/mol. The number of nitrogens with two attached hydrogens (primary N) is 1. The molecule has 0 amide bonds.